The smallest absolute Gasteiger partial charge is 0.300 e. The van der Waals surface area contributed by atoms with Crippen LogP contribution in [0.25, 0.3) is 0 Å². The van der Waals surface area contributed by atoms with Crippen LogP contribution in [0.4, 0.5) is 0 Å². The van der Waals surface area contributed by atoms with Crippen molar-refractivity contribution in [3.63, 3.8) is 0 Å². The monoisotopic (exact) mass is 361 g/mol. The van der Waals surface area contributed by atoms with E-state index in [0.717, 1.165) is 27.7 Å². The standard InChI is InChI=1S/4C2H4O2.C2H4.Co.2H3N/c4*1-2(3)4;1-2;;;/h4*1H3,(H,3,4);1-2H2;;2*1H3. The van der Waals surface area contributed by atoms with Crippen LogP contribution in [0.5, 0.6) is 0 Å². The second-order valence-electron chi connectivity index (χ2n) is 2.08. The first-order valence-electron chi connectivity index (χ1n) is 4.21. The first-order valence-corrected chi connectivity index (χ1v) is 4.21. The summed E-state index contributed by atoms with van der Waals surface area (Å²) in [7, 11) is 0. The molecule has 0 aliphatic carbocycles. The number of hydrogen-bond donors (Lipinski definition) is 6. The molecule has 0 bridgehead atoms. The van der Waals surface area contributed by atoms with E-state index >= 15 is 0 Å². The molecule has 0 rings (SSSR count). The third-order valence-corrected chi connectivity index (χ3v) is 0. The molecule has 0 fully saturated rings. The van der Waals surface area contributed by atoms with Gasteiger partial charge in [-0.2, -0.15) is 0 Å². The molecule has 0 saturated carbocycles. The molecule has 1 radical (unpaired) electrons. The van der Waals surface area contributed by atoms with Gasteiger partial charge in [-0.3, -0.25) is 19.2 Å². The van der Waals surface area contributed by atoms with Crippen LogP contribution in [0.1, 0.15) is 27.7 Å². The van der Waals surface area contributed by atoms with Gasteiger partial charge in [-0.15, -0.1) is 13.2 Å². The van der Waals surface area contributed by atoms with Crippen molar-refractivity contribution in [2.24, 2.45) is 0 Å². The van der Waals surface area contributed by atoms with E-state index in [4.69, 9.17) is 39.6 Å². The molecule has 0 atom stereocenters. The van der Waals surface area contributed by atoms with E-state index in [2.05, 4.69) is 13.2 Å². The largest absolute Gasteiger partial charge is 0.481 e. The van der Waals surface area contributed by atoms with Crippen molar-refractivity contribution in [1.29, 1.82) is 0 Å². The van der Waals surface area contributed by atoms with Crippen molar-refractivity contribution in [1.82, 2.24) is 12.3 Å². The molecule has 0 aliphatic heterocycles. The Bertz CT molecular complexity index is 185. The second kappa shape index (κ2) is 52.0. The number of carboxylic acids is 4. The van der Waals surface area contributed by atoms with Gasteiger partial charge in [0, 0.05) is 44.5 Å². The van der Waals surface area contributed by atoms with Gasteiger partial charge in [0.2, 0.25) is 0 Å². The van der Waals surface area contributed by atoms with Crippen LogP contribution in [-0.4, -0.2) is 44.3 Å². The predicted molar refractivity (Wildman–Crippen MR) is 74.5 cm³/mol. The van der Waals surface area contributed by atoms with Crippen LogP contribution in [-0.2, 0) is 36.0 Å². The number of carboxylic acid groups (broad SMARTS) is 4. The van der Waals surface area contributed by atoms with Gasteiger partial charge in [-0.05, 0) is 0 Å². The van der Waals surface area contributed by atoms with E-state index in [-0.39, 0.29) is 29.1 Å². The van der Waals surface area contributed by atoms with Gasteiger partial charge in [0.05, 0.1) is 0 Å². The zero-order valence-corrected chi connectivity index (χ0v) is 13.6. The minimum absolute atomic E-state index is 0. The van der Waals surface area contributed by atoms with E-state index in [1.54, 1.807) is 0 Å². The average molecular weight is 361 g/mol. The molecule has 0 saturated heterocycles. The molecule has 0 aromatic carbocycles. The van der Waals surface area contributed by atoms with Crippen molar-refractivity contribution in [3.8, 4) is 0 Å². The molecule has 0 spiro atoms. The summed E-state index contributed by atoms with van der Waals surface area (Å²) in [5, 5.41) is 29.7. The van der Waals surface area contributed by atoms with Crippen LogP contribution in [0.2, 0.25) is 0 Å². The summed E-state index contributed by atoms with van der Waals surface area (Å²) in [5.41, 5.74) is 0. The Hall–Kier alpha value is -1.95. The summed E-state index contributed by atoms with van der Waals surface area (Å²) in [4.78, 5) is 36.0. The average Bonchev–Trinajstić information content (AvgIpc) is 2.01. The molecule has 0 heterocycles. The molecule has 11 heteroatoms. The summed E-state index contributed by atoms with van der Waals surface area (Å²) in [5.74, 6) is -3.33. The van der Waals surface area contributed by atoms with Gasteiger partial charge in [-0.1, -0.05) is 0 Å². The fourth-order valence-corrected chi connectivity index (χ4v) is 0. The number of aliphatic carboxylic acids is 4. The molecule has 0 amide bonds. The van der Waals surface area contributed by atoms with Crippen molar-refractivity contribution in [2.45, 2.75) is 27.7 Å². The Morgan fingerprint density at radius 3 is 0.571 bits per heavy atom. The third-order valence-electron chi connectivity index (χ3n) is 0. The van der Waals surface area contributed by atoms with E-state index in [1.165, 1.54) is 0 Å². The summed E-state index contributed by atoms with van der Waals surface area (Å²) in [6.45, 7) is 10.3. The molecular weight excluding hydrogens is 335 g/mol. The minimum Gasteiger partial charge on any atom is -0.481 e. The zero-order chi connectivity index (χ0) is 16.3. The molecule has 133 valence electrons. The van der Waals surface area contributed by atoms with Crippen LogP contribution < -0.4 is 12.3 Å². The second-order valence-corrected chi connectivity index (χ2v) is 2.08. The Morgan fingerprint density at radius 1 is 0.571 bits per heavy atom. The fourth-order valence-electron chi connectivity index (χ4n) is 0. The maximum absolute atomic E-state index is 9.00. The summed E-state index contributed by atoms with van der Waals surface area (Å²) >= 11 is 0. The van der Waals surface area contributed by atoms with E-state index in [1.807, 2.05) is 0 Å². The van der Waals surface area contributed by atoms with E-state index in [0.29, 0.717) is 0 Å². The van der Waals surface area contributed by atoms with Gasteiger partial charge in [0.1, 0.15) is 0 Å². The summed E-state index contributed by atoms with van der Waals surface area (Å²) in [6.07, 6.45) is 0. The first kappa shape index (κ1) is 50.8. The third kappa shape index (κ3) is 1220. The maximum Gasteiger partial charge on any atom is 0.300 e. The summed E-state index contributed by atoms with van der Waals surface area (Å²) in [6, 6.07) is 0. The molecule has 10 nitrogen and oxygen atoms in total. The summed E-state index contributed by atoms with van der Waals surface area (Å²) < 4.78 is 0. The van der Waals surface area contributed by atoms with Gasteiger partial charge in [0.15, 0.2) is 0 Å². The molecule has 0 aromatic rings. The topological polar surface area (TPSA) is 219 Å². The van der Waals surface area contributed by atoms with E-state index < -0.39 is 23.9 Å². The quantitative estimate of drug-likeness (QED) is 0.341. The van der Waals surface area contributed by atoms with Gasteiger partial charge < -0.3 is 32.7 Å². The van der Waals surface area contributed by atoms with E-state index in [9.17, 15) is 0 Å². The Morgan fingerprint density at radius 2 is 0.571 bits per heavy atom. The maximum atomic E-state index is 9.00. The predicted octanol–water partition coefficient (Wildman–Crippen LogP) is 1.49. The normalized spacial score (nSPS) is 4.95. The molecular formula is C10H26CoN2O8. The van der Waals surface area contributed by atoms with Gasteiger partial charge in [0.25, 0.3) is 23.9 Å². The number of carbonyl (C=O) groups is 4. The number of hydrogen-bond acceptors (Lipinski definition) is 6. The van der Waals surface area contributed by atoms with Gasteiger partial charge >= 0.3 is 0 Å². The fraction of sp³-hybridized carbons (Fsp3) is 0.400. The van der Waals surface area contributed by atoms with Crippen LogP contribution in [0, 0.1) is 0 Å². The number of rotatable bonds is 0. The SMILES string of the molecule is C=C.CC(=O)O.CC(=O)O.CC(=O)O.CC(=O)O.N.N.[Co]. The van der Waals surface area contributed by atoms with Crippen LogP contribution in [0.15, 0.2) is 13.2 Å². The molecule has 0 unspecified atom stereocenters. The molecule has 10 N–H and O–H groups in total. The van der Waals surface area contributed by atoms with Crippen molar-refractivity contribution in [3.05, 3.63) is 13.2 Å². The van der Waals surface area contributed by atoms with Crippen molar-refractivity contribution >= 4 is 23.9 Å². The molecule has 0 aromatic heterocycles. The Labute approximate surface area is 134 Å². The van der Waals surface area contributed by atoms with Crippen LogP contribution in [0.3, 0.4) is 0 Å². The van der Waals surface area contributed by atoms with Crippen molar-refractivity contribution in [2.75, 3.05) is 0 Å². The minimum atomic E-state index is -0.833. The Kier molecular flexibility index (Phi) is 126. The van der Waals surface area contributed by atoms with Crippen molar-refractivity contribution < 1.29 is 56.4 Å². The first-order chi connectivity index (χ1) is 7.93. The van der Waals surface area contributed by atoms with Crippen LogP contribution >= 0.6 is 0 Å². The van der Waals surface area contributed by atoms with Gasteiger partial charge in [-0.25, -0.2) is 0 Å². The Balaban J connectivity index is -0.0000000164. The molecule has 0 aliphatic rings. The molecule has 21 heavy (non-hydrogen) atoms. The zero-order valence-electron chi connectivity index (χ0n) is 12.6.